The number of amides is 1. The van der Waals surface area contributed by atoms with Crippen molar-refractivity contribution in [2.45, 2.75) is 19.6 Å². The number of tetrazole rings is 1. The first-order valence-corrected chi connectivity index (χ1v) is 6.02. The van der Waals surface area contributed by atoms with Crippen LogP contribution in [-0.2, 0) is 11.3 Å². The second kappa shape index (κ2) is 5.90. The summed E-state index contributed by atoms with van der Waals surface area (Å²) >= 11 is 0. The van der Waals surface area contributed by atoms with Crippen LogP contribution in [0, 0.1) is 6.92 Å². The molecule has 0 aliphatic rings. The lowest BCUT2D eigenvalue weighted by molar-refractivity contribution is -0.139. The molecule has 0 fully saturated rings. The SMILES string of the molecule is Cc1ccccc1-c1nnn(CC(=O)NCC(F)(F)F)n1. The molecule has 0 radical (unpaired) electrons. The van der Waals surface area contributed by atoms with E-state index in [9.17, 15) is 18.0 Å². The summed E-state index contributed by atoms with van der Waals surface area (Å²) in [5.41, 5.74) is 1.68. The maximum absolute atomic E-state index is 12.0. The number of carbonyl (C=O) groups excluding carboxylic acids is 1. The van der Waals surface area contributed by atoms with E-state index in [1.54, 1.807) is 17.4 Å². The van der Waals surface area contributed by atoms with Crippen LogP contribution in [0.25, 0.3) is 11.4 Å². The Morgan fingerprint density at radius 3 is 2.71 bits per heavy atom. The van der Waals surface area contributed by atoms with Crippen molar-refractivity contribution in [3.63, 3.8) is 0 Å². The summed E-state index contributed by atoms with van der Waals surface area (Å²) in [5.74, 6) is -0.516. The molecule has 6 nitrogen and oxygen atoms in total. The van der Waals surface area contributed by atoms with Gasteiger partial charge in [0.05, 0.1) is 0 Å². The van der Waals surface area contributed by atoms with Gasteiger partial charge < -0.3 is 5.32 Å². The van der Waals surface area contributed by atoms with Crippen LogP contribution >= 0.6 is 0 Å². The third-order valence-corrected chi connectivity index (χ3v) is 2.61. The second-order valence-electron chi connectivity index (χ2n) is 4.35. The predicted molar refractivity (Wildman–Crippen MR) is 67.1 cm³/mol. The fraction of sp³-hybridized carbons (Fsp3) is 0.333. The van der Waals surface area contributed by atoms with Crippen LogP contribution in [0.15, 0.2) is 24.3 Å². The molecule has 0 saturated carbocycles. The lowest BCUT2D eigenvalue weighted by atomic mass is 10.1. The van der Waals surface area contributed by atoms with E-state index >= 15 is 0 Å². The summed E-state index contributed by atoms with van der Waals surface area (Å²) in [4.78, 5) is 12.3. The molecule has 0 bridgehead atoms. The highest BCUT2D eigenvalue weighted by atomic mass is 19.4. The molecular weight excluding hydrogens is 287 g/mol. The zero-order chi connectivity index (χ0) is 15.5. The summed E-state index contributed by atoms with van der Waals surface area (Å²) in [6.45, 7) is 0.0617. The first-order valence-electron chi connectivity index (χ1n) is 6.02. The number of hydrogen-bond donors (Lipinski definition) is 1. The molecule has 0 aliphatic heterocycles. The minimum atomic E-state index is -4.45. The van der Waals surface area contributed by atoms with Gasteiger partial charge in [-0.2, -0.15) is 18.0 Å². The lowest BCUT2D eigenvalue weighted by Gasteiger charge is -2.07. The van der Waals surface area contributed by atoms with Crippen LogP contribution < -0.4 is 5.32 Å². The number of alkyl halides is 3. The molecule has 0 atom stereocenters. The first kappa shape index (κ1) is 14.9. The van der Waals surface area contributed by atoms with Gasteiger partial charge in [-0.1, -0.05) is 24.3 Å². The van der Waals surface area contributed by atoms with Crippen LogP contribution in [0.1, 0.15) is 5.56 Å². The van der Waals surface area contributed by atoms with Gasteiger partial charge in [0, 0.05) is 5.56 Å². The van der Waals surface area contributed by atoms with Crippen molar-refractivity contribution in [2.24, 2.45) is 0 Å². The van der Waals surface area contributed by atoms with Crippen molar-refractivity contribution in [1.29, 1.82) is 0 Å². The van der Waals surface area contributed by atoms with Gasteiger partial charge in [0.2, 0.25) is 11.7 Å². The van der Waals surface area contributed by atoms with Gasteiger partial charge in [-0.25, -0.2) is 0 Å². The zero-order valence-electron chi connectivity index (χ0n) is 11.1. The van der Waals surface area contributed by atoms with Crippen molar-refractivity contribution >= 4 is 5.91 Å². The van der Waals surface area contributed by atoms with Crippen LogP contribution in [0.5, 0.6) is 0 Å². The highest BCUT2D eigenvalue weighted by Gasteiger charge is 2.27. The third kappa shape index (κ3) is 4.26. The average Bonchev–Trinajstić information content (AvgIpc) is 2.84. The van der Waals surface area contributed by atoms with Crippen LogP contribution in [0.4, 0.5) is 13.2 Å². The standard InChI is InChI=1S/C12H12F3N5O/c1-8-4-2-3-5-9(8)11-17-19-20(18-11)6-10(21)16-7-12(13,14)15/h2-5H,6-7H2,1H3,(H,16,21). The van der Waals surface area contributed by atoms with Crippen LogP contribution in [-0.4, -0.2) is 38.8 Å². The Kier molecular flexibility index (Phi) is 4.20. The van der Waals surface area contributed by atoms with E-state index in [0.717, 1.165) is 15.9 Å². The van der Waals surface area contributed by atoms with E-state index in [-0.39, 0.29) is 0 Å². The summed E-state index contributed by atoms with van der Waals surface area (Å²) < 4.78 is 35.9. The van der Waals surface area contributed by atoms with Crippen molar-refractivity contribution in [3.8, 4) is 11.4 Å². The number of nitrogens with one attached hydrogen (secondary N) is 1. The Morgan fingerprint density at radius 1 is 1.33 bits per heavy atom. The van der Waals surface area contributed by atoms with E-state index in [1.807, 2.05) is 19.1 Å². The zero-order valence-corrected chi connectivity index (χ0v) is 11.1. The minimum absolute atomic E-state index is 0.316. The molecule has 0 aliphatic carbocycles. The van der Waals surface area contributed by atoms with Gasteiger partial charge >= 0.3 is 6.18 Å². The molecule has 9 heteroatoms. The Labute approximate surface area is 118 Å². The average molecular weight is 299 g/mol. The molecule has 2 aromatic rings. The number of hydrogen-bond acceptors (Lipinski definition) is 4. The van der Waals surface area contributed by atoms with Crippen molar-refractivity contribution < 1.29 is 18.0 Å². The number of aromatic nitrogens is 4. The van der Waals surface area contributed by atoms with Gasteiger partial charge in [0.15, 0.2) is 0 Å². The van der Waals surface area contributed by atoms with Crippen molar-refractivity contribution in [3.05, 3.63) is 29.8 Å². The lowest BCUT2D eigenvalue weighted by Crippen LogP contribution is -2.36. The fourth-order valence-corrected chi connectivity index (χ4v) is 1.62. The number of nitrogens with zero attached hydrogens (tertiary/aromatic N) is 4. The summed E-state index contributed by atoms with van der Waals surface area (Å²) in [6, 6.07) is 7.32. The van der Waals surface area contributed by atoms with Crippen molar-refractivity contribution in [2.75, 3.05) is 6.54 Å². The molecule has 1 heterocycles. The molecule has 112 valence electrons. The maximum atomic E-state index is 12.0. The van der Waals surface area contributed by atoms with Crippen LogP contribution in [0.3, 0.4) is 0 Å². The maximum Gasteiger partial charge on any atom is 0.405 e. The molecule has 0 unspecified atom stereocenters. The number of carbonyl (C=O) groups is 1. The normalized spacial score (nSPS) is 11.4. The molecule has 1 N–H and O–H groups in total. The van der Waals surface area contributed by atoms with Crippen molar-refractivity contribution in [1.82, 2.24) is 25.5 Å². The Hall–Kier alpha value is -2.45. The van der Waals surface area contributed by atoms with Gasteiger partial charge in [-0.3, -0.25) is 4.79 Å². The molecule has 0 spiro atoms. The quantitative estimate of drug-likeness (QED) is 0.924. The largest absolute Gasteiger partial charge is 0.405 e. The van der Waals surface area contributed by atoms with E-state index in [4.69, 9.17) is 0 Å². The minimum Gasteiger partial charge on any atom is -0.345 e. The van der Waals surface area contributed by atoms with E-state index in [1.165, 1.54) is 0 Å². The second-order valence-corrected chi connectivity index (χ2v) is 4.35. The highest BCUT2D eigenvalue weighted by Crippen LogP contribution is 2.17. The van der Waals surface area contributed by atoms with Gasteiger partial charge in [-0.05, 0) is 17.7 Å². The van der Waals surface area contributed by atoms with Crippen LogP contribution in [0.2, 0.25) is 0 Å². The monoisotopic (exact) mass is 299 g/mol. The van der Waals surface area contributed by atoms with Gasteiger partial charge in [0.25, 0.3) is 0 Å². The smallest absolute Gasteiger partial charge is 0.345 e. The van der Waals surface area contributed by atoms with Gasteiger partial charge in [-0.15, -0.1) is 10.2 Å². The summed E-state index contributed by atoms with van der Waals surface area (Å²) in [5, 5.41) is 13.2. The third-order valence-electron chi connectivity index (χ3n) is 2.61. The molecule has 0 saturated heterocycles. The fourth-order valence-electron chi connectivity index (χ4n) is 1.62. The number of aryl methyl sites for hydroxylation is 1. The topological polar surface area (TPSA) is 72.7 Å². The molecule has 21 heavy (non-hydrogen) atoms. The Morgan fingerprint density at radius 2 is 2.05 bits per heavy atom. The van der Waals surface area contributed by atoms with E-state index < -0.39 is 25.2 Å². The predicted octanol–water partition coefficient (Wildman–Crippen LogP) is 1.33. The van der Waals surface area contributed by atoms with E-state index in [0.29, 0.717) is 5.82 Å². The molecule has 1 aromatic carbocycles. The summed E-state index contributed by atoms with van der Waals surface area (Å²) in [6.07, 6.45) is -4.45. The number of benzene rings is 1. The molecule has 2 rings (SSSR count). The molecule has 1 aromatic heterocycles. The molecular formula is C12H12F3N5O. The number of rotatable bonds is 4. The highest BCUT2D eigenvalue weighted by molar-refractivity contribution is 5.75. The first-order chi connectivity index (χ1) is 9.85. The summed E-state index contributed by atoms with van der Waals surface area (Å²) in [7, 11) is 0. The van der Waals surface area contributed by atoms with Gasteiger partial charge in [0.1, 0.15) is 13.1 Å². The van der Waals surface area contributed by atoms with E-state index in [2.05, 4.69) is 15.4 Å². The number of halogens is 3. The Balaban J connectivity index is 2.01. The Bertz CT molecular complexity index is 638. The molecule has 1 amide bonds.